The predicted octanol–water partition coefficient (Wildman–Crippen LogP) is 2.93. The second kappa shape index (κ2) is 4.54. The molecule has 1 aromatic rings. The van der Waals surface area contributed by atoms with Crippen LogP contribution in [-0.4, -0.2) is 25.1 Å². The van der Waals surface area contributed by atoms with E-state index in [1.807, 2.05) is 12.1 Å². The van der Waals surface area contributed by atoms with Gasteiger partial charge in [-0.2, -0.15) is 13.2 Å². The van der Waals surface area contributed by atoms with Crippen molar-refractivity contribution < 1.29 is 13.2 Å². The minimum absolute atomic E-state index is 0.00664. The molecule has 0 spiro atoms. The van der Waals surface area contributed by atoms with Crippen LogP contribution in [0.2, 0.25) is 0 Å². The van der Waals surface area contributed by atoms with Crippen molar-refractivity contribution in [2.24, 2.45) is 10.7 Å². The average Bonchev–Trinajstić information content (AvgIpc) is 3.17. The van der Waals surface area contributed by atoms with Gasteiger partial charge in [-0.1, -0.05) is 18.2 Å². The van der Waals surface area contributed by atoms with Crippen molar-refractivity contribution >= 4 is 17.2 Å². The standard InChI is InChI=1S/C14H14F3N3/c15-14(16,17)8-20-7-12(18)19-13(9-5-6-9)10-3-1-2-4-11(10)20/h1-4H,5-8H2,(H2,18,19). The van der Waals surface area contributed by atoms with Crippen LogP contribution in [0.1, 0.15) is 18.4 Å². The minimum Gasteiger partial charge on any atom is -0.386 e. The van der Waals surface area contributed by atoms with E-state index in [2.05, 4.69) is 4.99 Å². The third kappa shape index (κ3) is 2.64. The van der Waals surface area contributed by atoms with E-state index in [9.17, 15) is 13.2 Å². The second-order valence-corrected chi connectivity index (χ2v) is 5.04. The maximum absolute atomic E-state index is 12.7. The lowest BCUT2D eigenvalue weighted by Gasteiger charge is -2.25. The molecule has 0 saturated heterocycles. The topological polar surface area (TPSA) is 41.6 Å². The molecule has 2 N–H and O–H groups in total. The summed E-state index contributed by atoms with van der Waals surface area (Å²) in [6, 6.07) is 7.04. The summed E-state index contributed by atoms with van der Waals surface area (Å²) in [6.07, 6.45) is -2.38. The summed E-state index contributed by atoms with van der Waals surface area (Å²) < 4.78 is 38.2. The number of nitrogens with two attached hydrogens (primary N) is 1. The fraction of sp³-hybridized carbons (Fsp3) is 0.357. The third-order valence-corrected chi connectivity index (χ3v) is 3.31. The SMILES string of the molecule is NC1=NC(=C2CC2)c2ccccc2N(CC(F)(F)F)C1. The number of rotatable bonds is 1. The molecule has 3 nitrogen and oxygen atoms in total. The lowest BCUT2D eigenvalue weighted by molar-refractivity contribution is -0.119. The van der Waals surface area contributed by atoms with Crippen LogP contribution in [0.5, 0.6) is 0 Å². The maximum Gasteiger partial charge on any atom is 0.405 e. The number of aliphatic imine (C=N–C) groups is 1. The molecular formula is C14H14F3N3. The molecule has 1 aromatic carbocycles. The predicted molar refractivity (Wildman–Crippen MR) is 72.5 cm³/mol. The van der Waals surface area contributed by atoms with Gasteiger partial charge in [0, 0.05) is 11.3 Å². The first-order valence-electron chi connectivity index (χ1n) is 6.40. The average molecular weight is 281 g/mol. The van der Waals surface area contributed by atoms with Gasteiger partial charge in [0.15, 0.2) is 0 Å². The maximum atomic E-state index is 12.7. The van der Waals surface area contributed by atoms with Gasteiger partial charge in [0.25, 0.3) is 0 Å². The Labute approximate surface area is 114 Å². The first-order chi connectivity index (χ1) is 9.44. The Morgan fingerprint density at radius 1 is 1.20 bits per heavy atom. The largest absolute Gasteiger partial charge is 0.405 e. The van der Waals surface area contributed by atoms with E-state index in [1.165, 1.54) is 4.90 Å². The smallest absolute Gasteiger partial charge is 0.386 e. The van der Waals surface area contributed by atoms with Gasteiger partial charge in [-0.3, -0.25) is 0 Å². The van der Waals surface area contributed by atoms with E-state index in [0.29, 0.717) is 5.69 Å². The van der Waals surface area contributed by atoms with E-state index < -0.39 is 12.7 Å². The summed E-state index contributed by atoms with van der Waals surface area (Å²) in [7, 11) is 0. The Balaban J connectivity index is 2.08. The van der Waals surface area contributed by atoms with Gasteiger partial charge in [-0.05, 0) is 24.5 Å². The van der Waals surface area contributed by atoms with E-state index >= 15 is 0 Å². The number of allylic oxidation sites excluding steroid dienone is 1. The van der Waals surface area contributed by atoms with E-state index in [1.54, 1.807) is 12.1 Å². The molecule has 6 heteroatoms. The highest BCUT2D eigenvalue weighted by Gasteiger charge is 2.34. The Morgan fingerprint density at radius 2 is 1.90 bits per heavy atom. The fourth-order valence-corrected chi connectivity index (χ4v) is 2.40. The number of hydrogen-bond acceptors (Lipinski definition) is 3. The lowest BCUT2D eigenvalue weighted by Crippen LogP contribution is -2.39. The van der Waals surface area contributed by atoms with Crippen molar-refractivity contribution in [2.45, 2.75) is 19.0 Å². The van der Waals surface area contributed by atoms with Gasteiger partial charge < -0.3 is 10.6 Å². The Kier molecular flexibility index (Phi) is 2.96. The molecule has 0 radical (unpaired) electrons. The molecule has 1 saturated carbocycles. The molecule has 2 aliphatic rings. The molecule has 1 fully saturated rings. The molecule has 1 aliphatic heterocycles. The van der Waals surface area contributed by atoms with E-state index in [-0.39, 0.29) is 12.4 Å². The van der Waals surface area contributed by atoms with Crippen molar-refractivity contribution in [3.63, 3.8) is 0 Å². The van der Waals surface area contributed by atoms with Gasteiger partial charge in [-0.15, -0.1) is 0 Å². The number of benzene rings is 1. The van der Waals surface area contributed by atoms with Gasteiger partial charge >= 0.3 is 6.18 Å². The van der Waals surface area contributed by atoms with Crippen LogP contribution >= 0.6 is 0 Å². The number of fused-ring (bicyclic) bond motifs is 1. The molecule has 0 unspecified atom stereocenters. The van der Waals surface area contributed by atoms with Gasteiger partial charge in [0.1, 0.15) is 12.4 Å². The first-order valence-corrected chi connectivity index (χ1v) is 6.40. The normalized spacial score (nSPS) is 18.6. The molecule has 1 heterocycles. The molecule has 1 aliphatic carbocycles. The number of hydrogen-bond donors (Lipinski definition) is 1. The molecule has 20 heavy (non-hydrogen) atoms. The quantitative estimate of drug-likeness (QED) is 0.860. The fourth-order valence-electron chi connectivity index (χ4n) is 2.40. The molecule has 3 rings (SSSR count). The Hall–Kier alpha value is -1.98. The minimum atomic E-state index is -4.27. The van der Waals surface area contributed by atoms with Crippen LogP contribution in [0.25, 0.3) is 5.70 Å². The van der Waals surface area contributed by atoms with Gasteiger partial charge in [0.05, 0.1) is 12.2 Å². The van der Waals surface area contributed by atoms with Crippen molar-refractivity contribution in [2.75, 3.05) is 18.0 Å². The third-order valence-electron chi connectivity index (χ3n) is 3.31. The van der Waals surface area contributed by atoms with Crippen LogP contribution in [-0.2, 0) is 0 Å². The summed E-state index contributed by atoms with van der Waals surface area (Å²) in [4.78, 5) is 5.56. The summed E-state index contributed by atoms with van der Waals surface area (Å²) in [5, 5.41) is 0. The highest BCUT2D eigenvalue weighted by atomic mass is 19.4. The van der Waals surface area contributed by atoms with Crippen molar-refractivity contribution in [3.05, 3.63) is 35.4 Å². The highest BCUT2D eigenvalue weighted by molar-refractivity contribution is 5.96. The number of alkyl halides is 3. The Bertz CT molecular complexity index is 596. The summed E-state index contributed by atoms with van der Waals surface area (Å²) in [6.45, 7) is -1.03. The van der Waals surface area contributed by atoms with Crippen LogP contribution < -0.4 is 10.6 Å². The van der Waals surface area contributed by atoms with E-state index in [4.69, 9.17) is 5.73 Å². The number of para-hydroxylation sites is 1. The summed E-state index contributed by atoms with van der Waals surface area (Å²) in [5.41, 5.74) is 8.99. The zero-order valence-electron chi connectivity index (χ0n) is 10.7. The Morgan fingerprint density at radius 3 is 2.55 bits per heavy atom. The first kappa shape index (κ1) is 13.0. The molecule has 0 atom stereocenters. The summed E-state index contributed by atoms with van der Waals surface area (Å²) in [5.74, 6) is 0.222. The van der Waals surface area contributed by atoms with Crippen molar-refractivity contribution in [3.8, 4) is 0 Å². The number of amidine groups is 1. The monoisotopic (exact) mass is 281 g/mol. The van der Waals surface area contributed by atoms with E-state index in [0.717, 1.165) is 29.7 Å². The van der Waals surface area contributed by atoms with Gasteiger partial charge in [0.2, 0.25) is 0 Å². The number of anilines is 1. The second-order valence-electron chi connectivity index (χ2n) is 5.04. The number of halogens is 3. The summed E-state index contributed by atoms with van der Waals surface area (Å²) >= 11 is 0. The molecule has 106 valence electrons. The molecule has 0 aromatic heterocycles. The van der Waals surface area contributed by atoms with Crippen LogP contribution in [0.4, 0.5) is 18.9 Å². The van der Waals surface area contributed by atoms with Crippen LogP contribution in [0, 0.1) is 0 Å². The molecule has 0 bridgehead atoms. The molecule has 0 amide bonds. The molecular weight excluding hydrogens is 267 g/mol. The highest BCUT2D eigenvalue weighted by Crippen LogP contribution is 2.41. The van der Waals surface area contributed by atoms with Crippen LogP contribution in [0.3, 0.4) is 0 Å². The zero-order chi connectivity index (χ0) is 14.3. The van der Waals surface area contributed by atoms with Crippen molar-refractivity contribution in [1.82, 2.24) is 0 Å². The van der Waals surface area contributed by atoms with Crippen molar-refractivity contribution in [1.29, 1.82) is 0 Å². The number of nitrogens with zero attached hydrogens (tertiary/aromatic N) is 2. The zero-order valence-corrected chi connectivity index (χ0v) is 10.7. The van der Waals surface area contributed by atoms with Gasteiger partial charge in [-0.25, -0.2) is 4.99 Å². The lowest BCUT2D eigenvalue weighted by atomic mass is 10.1. The van der Waals surface area contributed by atoms with Crippen LogP contribution in [0.15, 0.2) is 34.8 Å².